The number of ether oxygens (including phenoxy) is 1. The van der Waals surface area contributed by atoms with Crippen LogP contribution in [0.3, 0.4) is 0 Å². The summed E-state index contributed by atoms with van der Waals surface area (Å²) in [6.45, 7) is 5.91. The van der Waals surface area contributed by atoms with Gasteiger partial charge in [-0.15, -0.1) is 0 Å². The third-order valence-electron chi connectivity index (χ3n) is 4.26. The molecule has 5 heteroatoms. The van der Waals surface area contributed by atoms with Crippen LogP contribution < -0.4 is 10.5 Å². The fraction of sp³-hybridized carbons (Fsp3) is 0.240. The lowest BCUT2D eigenvalue weighted by Crippen LogP contribution is -2.05. The second-order valence-corrected chi connectivity index (χ2v) is 6.02. The monoisotopic (exact) mass is 403 g/mol. The van der Waals surface area contributed by atoms with E-state index >= 15 is 0 Å². The van der Waals surface area contributed by atoms with Crippen molar-refractivity contribution in [3.05, 3.63) is 83.2 Å². The van der Waals surface area contributed by atoms with E-state index in [0.717, 1.165) is 28.0 Å². The van der Waals surface area contributed by atoms with E-state index in [1.54, 1.807) is 31.6 Å². The predicted molar refractivity (Wildman–Crippen MR) is 122 cm³/mol. The average molecular weight is 404 g/mol. The normalized spacial score (nSPS) is 9.23. The number of Topliss-reactive ketones (excluding diaryl/α,β-unsaturated/α-hetero) is 1. The summed E-state index contributed by atoms with van der Waals surface area (Å²) in [7, 11) is 3.11. The van der Waals surface area contributed by atoms with Crippen LogP contribution in [0.2, 0.25) is 0 Å². The highest BCUT2D eigenvalue weighted by Gasteiger charge is 2.12. The summed E-state index contributed by atoms with van der Waals surface area (Å²) < 4.78 is 5.24. The van der Waals surface area contributed by atoms with Gasteiger partial charge in [-0.05, 0) is 61.5 Å². The summed E-state index contributed by atoms with van der Waals surface area (Å²) in [6, 6.07) is 16.8. The number of benzene rings is 2. The zero-order valence-corrected chi connectivity index (χ0v) is 18.3. The van der Waals surface area contributed by atoms with E-state index in [4.69, 9.17) is 4.74 Å². The minimum Gasteiger partial charge on any atom is -0.496 e. The van der Waals surface area contributed by atoms with Crippen LogP contribution in [0.5, 0.6) is 5.75 Å². The Kier molecular flexibility index (Phi) is 10.5. The Morgan fingerprint density at radius 1 is 1.13 bits per heavy atom. The number of hydrogen-bond acceptors (Lipinski definition) is 5. The van der Waals surface area contributed by atoms with Crippen molar-refractivity contribution in [3.63, 3.8) is 0 Å². The van der Waals surface area contributed by atoms with Gasteiger partial charge < -0.3 is 10.5 Å². The van der Waals surface area contributed by atoms with Gasteiger partial charge in [-0.3, -0.25) is 9.78 Å². The molecule has 2 N–H and O–H groups in total. The van der Waals surface area contributed by atoms with Crippen molar-refractivity contribution in [3.8, 4) is 22.9 Å². The molecular weight excluding hydrogens is 374 g/mol. The number of ketones is 1. The third-order valence-corrected chi connectivity index (χ3v) is 4.26. The predicted octanol–water partition coefficient (Wildman–Crippen LogP) is 4.96. The fourth-order valence-corrected chi connectivity index (χ4v) is 2.90. The van der Waals surface area contributed by atoms with Crippen molar-refractivity contribution >= 4 is 5.78 Å². The second kappa shape index (κ2) is 12.9. The lowest BCUT2D eigenvalue weighted by molar-refractivity contribution is 0.0993. The maximum absolute atomic E-state index is 12.7. The number of carbonyl (C=O) groups excluding carboxylic acids is 1. The number of carbonyl (C=O) groups is 1. The van der Waals surface area contributed by atoms with Crippen LogP contribution in [0, 0.1) is 18.3 Å². The molecule has 30 heavy (non-hydrogen) atoms. The fourth-order valence-electron chi connectivity index (χ4n) is 2.90. The summed E-state index contributed by atoms with van der Waals surface area (Å²) in [6.07, 6.45) is 3.67. The number of methoxy groups -OCH3 is 1. The first-order valence-electron chi connectivity index (χ1n) is 9.81. The van der Waals surface area contributed by atoms with Gasteiger partial charge in [-0.1, -0.05) is 26.0 Å². The Balaban J connectivity index is 0.00000106. The first-order chi connectivity index (χ1) is 14.6. The number of nitrogens with two attached hydrogens (primary N) is 1. The zero-order chi connectivity index (χ0) is 22.5. The number of nitriles is 1. The number of pyridine rings is 1. The van der Waals surface area contributed by atoms with Gasteiger partial charge in [0, 0.05) is 35.5 Å². The maximum atomic E-state index is 12.7. The van der Waals surface area contributed by atoms with Gasteiger partial charge >= 0.3 is 0 Å². The molecular formula is C25H29N3O2. The highest BCUT2D eigenvalue weighted by atomic mass is 16.5. The molecule has 0 aliphatic carbocycles. The van der Waals surface area contributed by atoms with Crippen molar-refractivity contribution in [1.29, 1.82) is 5.26 Å². The van der Waals surface area contributed by atoms with E-state index < -0.39 is 0 Å². The van der Waals surface area contributed by atoms with E-state index in [-0.39, 0.29) is 12.2 Å². The van der Waals surface area contributed by atoms with Gasteiger partial charge in [-0.25, -0.2) is 0 Å². The van der Waals surface area contributed by atoms with Crippen molar-refractivity contribution in [2.45, 2.75) is 27.2 Å². The maximum Gasteiger partial charge on any atom is 0.167 e. The lowest BCUT2D eigenvalue weighted by atomic mass is 9.95. The molecule has 1 aromatic heterocycles. The van der Waals surface area contributed by atoms with Crippen molar-refractivity contribution < 1.29 is 9.53 Å². The number of rotatable bonds is 5. The highest BCUT2D eigenvalue weighted by molar-refractivity contribution is 5.98. The van der Waals surface area contributed by atoms with Gasteiger partial charge in [0.1, 0.15) is 5.75 Å². The van der Waals surface area contributed by atoms with Gasteiger partial charge in [0.05, 0.1) is 18.7 Å². The van der Waals surface area contributed by atoms with Crippen molar-refractivity contribution in [2.24, 2.45) is 5.73 Å². The van der Waals surface area contributed by atoms with Gasteiger partial charge in [0.15, 0.2) is 5.78 Å². The summed E-state index contributed by atoms with van der Waals surface area (Å²) in [4.78, 5) is 16.8. The molecule has 0 bridgehead atoms. The van der Waals surface area contributed by atoms with Crippen LogP contribution in [-0.4, -0.2) is 24.9 Å². The molecule has 0 spiro atoms. The minimum atomic E-state index is 0.0256. The Labute approximate surface area is 179 Å². The van der Waals surface area contributed by atoms with Crippen LogP contribution in [0.4, 0.5) is 0 Å². The smallest absolute Gasteiger partial charge is 0.167 e. The Morgan fingerprint density at radius 3 is 2.43 bits per heavy atom. The highest BCUT2D eigenvalue weighted by Crippen LogP contribution is 2.25. The van der Waals surface area contributed by atoms with Crippen LogP contribution in [0.25, 0.3) is 11.1 Å². The third kappa shape index (κ3) is 6.26. The first-order valence-corrected chi connectivity index (χ1v) is 9.81. The quantitative estimate of drug-likeness (QED) is 0.608. The van der Waals surface area contributed by atoms with E-state index in [1.807, 2.05) is 57.2 Å². The molecule has 0 saturated heterocycles. The molecule has 2 aromatic carbocycles. The van der Waals surface area contributed by atoms with E-state index in [9.17, 15) is 10.1 Å². The number of aromatic nitrogens is 1. The molecule has 0 unspecified atom stereocenters. The van der Waals surface area contributed by atoms with Crippen LogP contribution in [0.15, 0.2) is 60.9 Å². The second-order valence-electron chi connectivity index (χ2n) is 6.02. The standard InChI is InChI=1S/C22H18N2O2.C2H6.CH5N/c1-15-10-17(7-8-22(15)26-2)21(25)12-16-5-6-18(13-23)20(11-16)19-4-3-9-24-14-19;2*1-2/h3-11,14H,12H2,1-2H3;1-2H3;2H2,1H3. The first kappa shape index (κ1) is 24.5. The summed E-state index contributed by atoms with van der Waals surface area (Å²) in [5.74, 6) is 0.788. The van der Waals surface area contributed by atoms with Crippen molar-refractivity contribution in [1.82, 2.24) is 4.98 Å². The average Bonchev–Trinajstić information content (AvgIpc) is 2.82. The molecule has 0 atom stereocenters. The topological polar surface area (TPSA) is 89.0 Å². The van der Waals surface area contributed by atoms with E-state index in [2.05, 4.69) is 16.8 Å². The van der Waals surface area contributed by atoms with Crippen molar-refractivity contribution in [2.75, 3.05) is 14.2 Å². The minimum absolute atomic E-state index is 0.0256. The molecule has 0 saturated carbocycles. The lowest BCUT2D eigenvalue weighted by Gasteiger charge is -2.09. The summed E-state index contributed by atoms with van der Waals surface area (Å²) >= 11 is 0. The molecule has 3 rings (SSSR count). The number of aryl methyl sites for hydroxylation is 1. The number of hydrogen-bond donors (Lipinski definition) is 1. The summed E-state index contributed by atoms with van der Waals surface area (Å²) in [5, 5.41) is 9.36. The molecule has 0 amide bonds. The van der Waals surface area contributed by atoms with Gasteiger partial charge in [-0.2, -0.15) is 5.26 Å². The number of nitrogens with zero attached hydrogens (tertiary/aromatic N) is 2. The Morgan fingerprint density at radius 2 is 1.87 bits per heavy atom. The molecule has 156 valence electrons. The van der Waals surface area contributed by atoms with Crippen LogP contribution >= 0.6 is 0 Å². The summed E-state index contributed by atoms with van der Waals surface area (Å²) in [5.41, 5.74) is 9.15. The van der Waals surface area contributed by atoms with Gasteiger partial charge in [0.25, 0.3) is 0 Å². The molecule has 0 aliphatic rings. The molecule has 3 aromatic rings. The van der Waals surface area contributed by atoms with E-state index in [0.29, 0.717) is 11.1 Å². The molecule has 0 radical (unpaired) electrons. The zero-order valence-electron chi connectivity index (χ0n) is 18.3. The van der Waals surface area contributed by atoms with Crippen LogP contribution in [0.1, 0.15) is 40.9 Å². The Bertz CT molecular complexity index is 993. The Hall–Kier alpha value is -3.49. The molecule has 0 aliphatic heterocycles. The van der Waals surface area contributed by atoms with Gasteiger partial charge in [0.2, 0.25) is 0 Å². The molecule has 1 heterocycles. The molecule has 5 nitrogen and oxygen atoms in total. The largest absolute Gasteiger partial charge is 0.496 e. The molecule has 0 fully saturated rings. The van der Waals surface area contributed by atoms with E-state index in [1.165, 1.54) is 7.05 Å². The SMILES string of the molecule is CC.CN.COc1ccc(C(=O)Cc2ccc(C#N)c(-c3cccnc3)c2)cc1C. The van der Waals surface area contributed by atoms with Crippen LogP contribution in [-0.2, 0) is 6.42 Å².